The Kier molecular flexibility index (Phi) is 6.65. The Morgan fingerprint density at radius 1 is 1.12 bits per heavy atom. The van der Waals surface area contributed by atoms with Gasteiger partial charge in [-0.2, -0.15) is 11.8 Å². The Hall–Kier alpha value is -3.00. The van der Waals surface area contributed by atoms with Gasteiger partial charge in [-0.3, -0.25) is 4.79 Å². The van der Waals surface area contributed by atoms with Crippen LogP contribution in [0.25, 0.3) is 11.1 Å². The highest BCUT2D eigenvalue weighted by Crippen LogP contribution is 2.44. The van der Waals surface area contributed by atoms with Gasteiger partial charge in [0.15, 0.2) is 0 Å². The van der Waals surface area contributed by atoms with E-state index in [2.05, 4.69) is 17.4 Å². The zero-order chi connectivity index (χ0) is 23.6. The molecule has 1 saturated carbocycles. The smallest absolute Gasteiger partial charge is 0.407 e. The number of nitrogens with zero attached hydrogens (tertiary/aromatic N) is 1. The number of rotatable bonds is 9. The Morgan fingerprint density at radius 3 is 2.21 bits per heavy atom. The second-order valence-electron chi connectivity index (χ2n) is 8.54. The number of alkyl carbamates (subject to hydrolysis) is 1. The molecule has 2 aliphatic rings. The number of likely N-dealkylation sites (N-methyl/N-ethyl adjacent to an activating group) is 1. The van der Waals surface area contributed by atoms with Crippen LogP contribution >= 0.6 is 11.8 Å². The third-order valence-corrected chi connectivity index (χ3v) is 7.28. The zero-order valence-corrected chi connectivity index (χ0v) is 19.6. The van der Waals surface area contributed by atoms with E-state index >= 15 is 0 Å². The van der Waals surface area contributed by atoms with E-state index < -0.39 is 29.6 Å². The SMILES string of the molecule is CSCC[C@@H](NC(=O)OCC1c2ccccc2-c2ccccc21)C(=O)N(C)C1(C(=O)O)CC1. The molecule has 1 fully saturated rings. The van der Waals surface area contributed by atoms with E-state index in [0.29, 0.717) is 25.0 Å². The summed E-state index contributed by atoms with van der Waals surface area (Å²) < 4.78 is 5.58. The highest BCUT2D eigenvalue weighted by molar-refractivity contribution is 7.98. The molecule has 8 heteroatoms. The maximum Gasteiger partial charge on any atom is 0.407 e. The Morgan fingerprint density at radius 2 is 1.70 bits per heavy atom. The third-order valence-electron chi connectivity index (χ3n) is 6.64. The van der Waals surface area contributed by atoms with Crippen LogP contribution in [0.5, 0.6) is 0 Å². The predicted octanol–water partition coefficient (Wildman–Crippen LogP) is 3.72. The summed E-state index contributed by atoms with van der Waals surface area (Å²) in [5, 5.41) is 12.2. The lowest BCUT2D eigenvalue weighted by atomic mass is 9.98. The highest BCUT2D eigenvalue weighted by Gasteiger charge is 2.56. The standard InChI is InChI=1S/C25H28N2O5S/c1-27(25(12-13-25)23(29)30)22(28)21(11-14-33-2)26-24(31)32-15-20-18-9-5-3-7-16(18)17-8-4-6-10-19(17)20/h3-10,20-21H,11-15H2,1-2H3,(H,26,31)(H,29,30)/t21-/m1/s1. The molecule has 0 aliphatic heterocycles. The number of carbonyl (C=O) groups is 3. The summed E-state index contributed by atoms with van der Waals surface area (Å²) in [5.74, 6) is -0.845. The van der Waals surface area contributed by atoms with Gasteiger partial charge < -0.3 is 20.1 Å². The van der Waals surface area contributed by atoms with Crippen LogP contribution in [0.1, 0.15) is 36.3 Å². The molecule has 0 aromatic heterocycles. The zero-order valence-electron chi connectivity index (χ0n) is 18.7. The third kappa shape index (κ3) is 4.44. The first kappa shape index (κ1) is 23.2. The monoisotopic (exact) mass is 468 g/mol. The van der Waals surface area contributed by atoms with Crippen LogP contribution in [0.3, 0.4) is 0 Å². The van der Waals surface area contributed by atoms with Crippen LogP contribution in [0.2, 0.25) is 0 Å². The summed E-state index contributed by atoms with van der Waals surface area (Å²) >= 11 is 1.55. The molecule has 0 spiro atoms. The van der Waals surface area contributed by atoms with Gasteiger partial charge in [0, 0.05) is 13.0 Å². The first-order chi connectivity index (χ1) is 15.9. The molecule has 2 aliphatic carbocycles. The first-order valence-corrected chi connectivity index (χ1v) is 12.4. The second-order valence-corrected chi connectivity index (χ2v) is 9.52. The van der Waals surface area contributed by atoms with E-state index in [4.69, 9.17) is 4.74 Å². The van der Waals surface area contributed by atoms with Crippen molar-refractivity contribution in [1.29, 1.82) is 0 Å². The summed E-state index contributed by atoms with van der Waals surface area (Å²) in [6.45, 7) is 0.151. The van der Waals surface area contributed by atoms with E-state index in [1.165, 1.54) is 11.9 Å². The number of thioether (sulfide) groups is 1. The summed E-state index contributed by atoms with van der Waals surface area (Å²) in [6, 6.07) is 15.3. The molecule has 0 unspecified atom stereocenters. The number of fused-ring (bicyclic) bond motifs is 3. The van der Waals surface area contributed by atoms with Crippen molar-refractivity contribution in [2.75, 3.05) is 25.7 Å². The largest absolute Gasteiger partial charge is 0.479 e. The average Bonchev–Trinajstić information content (AvgIpc) is 3.58. The lowest BCUT2D eigenvalue weighted by Gasteiger charge is -2.29. The van der Waals surface area contributed by atoms with Crippen LogP contribution in [-0.4, -0.2) is 65.2 Å². The lowest BCUT2D eigenvalue weighted by Crippen LogP contribution is -2.53. The number of nitrogens with one attached hydrogen (secondary N) is 1. The number of carbonyl (C=O) groups excluding carboxylic acids is 2. The van der Waals surface area contributed by atoms with E-state index in [1.54, 1.807) is 11.8 Å². The molecule has 33 heavy (non-hydrogen) atoms. The topological polar surface area (TPSA) is 95.9 Å². The van der Waals surface area contributed by atoms with Crippen LogP contribution in [0, 0.1) is 0 Å². The molecule has 0 heterocycles. The van der Waals surface area contributed by atoms with Crippen molar-refractivity contribution in [1.82, 2.24) is 10.2 Å². The summed E-state index contributed by atoms with van der Waals surface area (Å²) in [5.41, 5.74) is 3.34. The van der Waals surface area contributed by atoms with Gasteiger partial charge in [0.25, 0.3) is 0 Å². The van der Waals surface area contributed by atoms with Gasteiger partial charge in [0.2, 0.25) is 5.91 Å². The number of carboxylic acid groups (broad SMARTS) is 1. The Balaban J connectivity index is 1.43. The van der Waals surface area contributed by atoms with E-state index in [0.717, 1.165) is 22.3 Å². The fourth-order valence-electron chi connectivity index (χ4n) is 4.53. The molecule has 1 atom stereocenters. The maximum absolute atomic E-state index is 13.0. The van der Waals surface area contributed by atoms with Crippen molar-refractivity contribution in [3.05, 3.63) is 59.7 Å². The Bertz CT molecular complexity index is 1020. The minimum atomic E-state index is -1.16. The normalized spacial score (nSPS) is 16.3. The fourth-order valence-corrected chi connectivity index (χ4v) is 5.00. The molecule has 174 valence electrons. The summed E-state index contributed by atoms with van der Waals surface area (Å²) in [6.07, 6.45) is 2.47. The minimum absolute atomic E-state index is 0.0760. The molecule has 4 rings (SSSR count). The first-order valence-electron chi connectivity index (χ1n) is 11.0. The number of aliphatic carboxylic acids is 1. The minimum Gasteiger partial charge on any atom is -0.479 e. The molecule has 2 aromatic carbocycles. The van der Waals surface area contributed by atoms with Crippen molar-refractivity contribution in [3.63, 3.8) is 0 Å². The number of amides is 2. The van der Waals surface area contributed by atoms with Crippen LogP contribution in [0.15, 0.2) is 48.5 Å². The summed E-state index contributed by atoms with van der Waals surface area (Å²) in [4.78, 5) is 38.6. The van der Waals surface area contributed by atoms with E-state index in [9.17, 15) is 19.5 Å². The van der Waals surface area contributed by atoms with Gasteiger partial charge in [-0.15, -0.1) is 0 Å². The molecule has 0 bridgehead atoms. The van der Waals surface area contributed by atoms with E-state index in [1.807, 2.05) is 42.7 Å². The summed E-state index contributed by atoms with van der Waals surface area (Å²) in [7, 11) is 1.49. The van der Waals surface area contributed by atoms with E-state index in [-0.39, 0.29) is 12.5 Å². The number of hydrogen-bond donors (Lipinski definition) is 2. The Labute approximate surface area is 197 Å². The number of carboxylic acids is 1. The number of benzene rings is 2. The maximum atomic E-state index is 13.0. The van der Waals surface area contributed by atoms with Crippen molar-refractivity contribution < 1.29 is 24.2 Å². The van der Waals surface area contributed by atoms with Gasteiger partial charge in [0.1, 0.15) is 18.2 Å². The predicted molar refractivity (Wildman–Crippen MR) is 127 cm³/mol. The van der Waals surface area contributed by atoms with Gasteiger partial charge in [-0.1, -0.05) is 48.5 Å². The fraction of sp³-hybridized carbons (Fsp3) is 0.400. The van der Waals surface area contributed by atoms with Crippen molar-refractivity contribution >= 4 is 29.7 Å². The van der Waals surface area contributed by atoms with Gasteiger partial charge in [-0.05, 0) is 53.5 Å². The quantitative estimate of drug-likeness (QED) is 0.582. The molecule has 0 saturated heterocycles. The average molecular weight is 469 g/mol. The number of ether oxygens (including phenoxy) is 1. The lowest BCUT2D eigenvalue weighted by molar-refractivity contribution is -0.151. The molecule has 2 aromatic rings. The van der Waals surface area contributed by atoms with Crippen molar-refractivity contribution in [2.45, 2.75) is 36.8 Å². The molecular formula is C25H28N2O5S. The van der Waals surface area contributed by atoms with Crippen LogP contribution in [-0.2, 0) is 14.3 Å². The van der Waals surface area contributed by atoms with Crippen LogP contribution in [0.4, 0.5) is 4.79 Å². The van der Waals surface area contributed by atoms with Gasteiger partial charge >= 0.3 is 12.1 Å². The highest BCUT2D eigenvalue weighted by atomic mass is 32.2. The van der Waals surface area contributed by atoms with Gasteiger partial charge in [0.05, 0.1) is 0 Å². The van der Waals surface area contributed by atoms with Crippen molar-refractivity contribution in [3.8, 4) is 11.1 Å². The van der Waals surface area contributed by atoms with Crippen molar-refractivity contribution in [2.24, 2.45) is 0 Å². The molecular weight excluding hydrogens is 440 g/mol. The molecule has 2 amide bonds. The molecule has 0 radical (unpaired) electrons. The number of hydrogen-bond acceptors (Lipinski definition) is 5. The molecule has 7 nitrogen and oxygen atoms in total. The second kappa shape index (κ2) is 9.47. The molecule has 2 N–H and O–H groups in total. The van der Waals surface area contributed by atoms with Crippen LogP contribution < -0.4 is 5.32 Å². The van der Waals surface area contributed by atoms with Gasteiger partial charge in [-0.25, -0.2) is 9.59 Å².